The lowest BCUT2D eigenvalue weighted by Gasteiger charge is -2.53. The van der Waals surface area contributed by atoms with Gasteiger partial charge in [0.2, 0.25) is 0 Å². The number of hydrogen-bond donors (Lipinski definition) is 0. The second kappa shape index (κ2) is 57.2. The van der Waals surface area contributed by atoms with Crippen molar-refractivity contribution in [3.63, 3.8) is 0 Å². The number of hydrogen-bond acceptors (Lipinski definition) is 42. The molecule has 42 nitrogen and oxygen atoms in total. The molecule has 28 rings (SSSR count). The monoisotopic (exact) mass is 1970 g/mol. The molecule has 12 bridgehead atoms. The molecule has 25 heterocycles. The van der Waals surface area contributed by atoms with Crippen molar-refractivity contribution in [1.82, 2.24) is 0 Å². The van der Waals surface area contributed by atoms with Gasteiger partial charge in [0.25, 0.3) is 0 Å². The Kier molecular flexibility index (Phi) is 45.7. The van der Waals surface area contributed by atoms with E-state index < -0.39 is 184 Å². The lowest BCUT2D eigenvalue weighted by Crippen LogP contribution is -2.70. The van der Waals surface area contributed by atoms with Gasteiger partial charge < -0.3 is 199 Å². The van der Waals surface area contributed by atoms with Crippen LogP contribution in [0.1, 0.15) is 74.5 Å². The molecular weight excluding hydrogens is 1830 g/mol. The van der Waals surface area contributed by atoms with Gasteiger partial charge in [-0.15, -0.1) is 0 Å². The van der Waals surface area contributed by atoms with Crippen LogP contribution in [0.5, 0.6) is 34.5 Å². The summed E-state index contributed by atoms with van der Waals surface area (Å²) < 4.78 is 275. The summed E-state index contributed by atoms with van der Waals surface area (Å²) in [4.78, 5) is 0. The molecule has 3 aromatic carbocycles. The highest BCUT2D eigenvalue weighted by molar-refractivity contribution is 5.44. The first-order chi connectivity index (χ1) is 67.6. The third-order valence-corrected chi connectivity index (χ3v) is 26.3. The van der Waals surface area contributed by atoms with Gasteiger partial charge in [-0.1, -0.05) is 18.2 Å². The van der Waals surface area contributed by atoms with Crippen molar-refractivity contribution in [2.24, 2.45) is 0 Å². The standard InChI is InChI=1S/C96H150O42/c1-97-49-64-73-79(103-7)85(109-13)91(127-64)136-76-67(52-115-37-40-118-58-31-28-55(43-61(58)100-4)46-124-70-25-19-22-34-121-70)131-95(89(113-17)82(76)106-10)134-74-65(50-98-2)129-93(87(111-15)80(74)104-8)138-78-69(54-117-39-42-120-60-33-30-57(45-63(60)102-6)48-126-72-27-21-24-36-123-72)132-96(90(114-18)84(78)108-12)135-75-66(51-99-3)128-92(86(110-14)81(75)105-9)137-77-68(130-94(133-73)88(112-16)83(77)107-11)53-116-38-41-119-59-32-29-56(44-62(59)101-5)47-125-71-26-20-23-35-122-71/h28-33,43-45,64-96H,19-27,34-42,46-54H2,1-18H3/t64-,65-,66-,67-,68-,69-,70?,71?,72?,73-,74-,75-,76-,77-,78-,79+,80+,81+,82+,83+,84+,85-,86-,87-,88-,89-,90-,91-,92-,93-,94-,95-,96-/m1/s1. The molecule has 786 valence electrons. The predicted molar refractivity (Wildman–Crippen MR) is 479 cm³/mol. The molecule has 0 spiro atoms. The lowest BCUT2D eigenvalue weighted by molar-refractivity contribution is -0.410. The maximum Gasteiger partial charge on any atom is 0.187 e. The summed E-state index contributed by atoms with van der Waals surface area (Å²) in [6.45, 7) is 2.34. The Bertz CT molecular complexity index is 3500. The van der Waals surface area contributed by atoms with Crippen molar-refractivity contribution in [3.8, 4) is 34.5 Å². The van der Waals surface area contributed by atoms with Gasteiger partial charge in [-0.25, -0.2) is 0 Å². The molecule has 0 N–H and O–H groups in total. The topological polar surface area (TPSA) is 388 Å². The molecule has 33 atom stereocenters. The van der Waals surface area contributed by atoms with Crippen LogP contribution in [-0.4, -0.2) is 430 Å². The smallest absolute Gasteiger partial charge is 0.187 e. The van der Waals surface area contributed by atoms with Crippen LogP contribution in [0.2, 0.25) is 0 Å². The molecule has 0 radical (unpaired) electrons. The molecule has 0 amide bonds. The highest BCUT2D eigenvalue weighted by atomic mass is 16.8. The summed E-state index contributed by atoms with van der Waals surface area (Å²) in [5.74, 6) is 2.90. The van der Waals surface area contributed by atoms with E-state index in [9.17, 15) is 0 Å². The van der Waals surface area contributed by atoms with Crippen LogP contribution in [0, 0.1) is 0 Å². The summed E-state index contributed by atoms with van der Waals surface area (Å²) in [6.07, 6.45) is -26.6. The van der Waals surface area contributed by atoms with Gasteiger partial charge in [0.1, 0.15) is 166 Å². The molecule has 25 fully saturated rings. The maximum atomic E-state index is 7.32. The van der Waals surface area contributed by atoms with Crippen LogP contribution in [0.25, 0.3) is 0 Å². The first-order valence-corrected chi connectivity index (χ1v) is 47.6. The minimum absolute atomic E-state index is 0.0240. The van der Waals surface area contributed by atoms with Crippen LogP contribution >= 0.6 is 0 Å². The Labute approximate surface area is 809 Å². The van der Waals surface area contributed by atoms with E-state index in [4.69, 9.17) is 199 Å². The molecule has 3 unspecified atom stereocenters. The zero-order valence-electron chi connectivity index (χ0n) is 83.0. The Hall–Kier alpha value is -4.98. The van der Waals surface area contributed by atoms with Crippen molar-refractivity contribution < 1.29 is 199 Å². The predicted octanol–water partition coefficient (Wildman–Crippen LogP) is 6.22. The van der Waals surface area contributed by atoms with Crippen molar-refractivity contribution in [2.45, 2.75) is 281 Å². The molecule has 138 heavy (non-hydrogen) atoms. The van der Waals surface area contributed by atoms with Crippen LogP contribution < -0.4 is 28.4 Å². The average Bonchev–Trinajstić information content (AvgIpc) is 0.756. The zero-order valence-corrected chi connectivity index (χ0v) is 83.0. The zero-order chi connectivity index (χ0) is 97.4. The van der Waals surface area contributed by atoms with Gasteiger partial charge in [-0.3, -0.25) is 0 Å². The second-order valence-electron chi connectivity index (χ2n) is 34.7. The van der Waals surface area contributed by atoms with E-state index in [2.05, 4.69) is 0 Å². The maximum absolute atomic E-state index is 7.32. The fraction of sp³-hybridized carbons (Fsp3) is 0.812. The molecule has 25 saturated heterocycles. The van der Waals surface area contributed by atoms with Crippen molar-refractivity contribution in [3.05, 3.63) is 71.3 Å². The van der Waals surface area contributed by atoms with E-state index in [0.29, 0.717) is 74.1 Å². The molecule has 0 saturated carbocycles. The van der Waals surface area contributed by atoms with E-state index in [1.54, 1.807) is 21.3 Å². The third-order valence-electron chi connectivity index (χ3n) is 26.3. The Balaban J connectivity index is 0.840. The Morgan fingerprint density at radius 1 is 0.232 bits per heavy atom. The summed E-state index contributed by atoms with van der Waals surface area (Å²) in [7, 11) is 27.4. The molecule has 0 aliphatic carbocycles. The molecule has 0 aromatic heterocycles. The normalized spacial score (nSPS) is 36.1. The third kappa shape index (κ3) is 28.2. The fourth-order valence-electron chi connectivity index (χ4n) is 19.3. The summed E-state index contributed by atoms with van der Waals surface area (Å²) in [5.41, 5.74) is 2.63. The summed E-state index contributed by atoms with van der Waals surface area (Å²) in [6, 6.07) is 16.8. The minimum atomic E-state index is -1.34. The van der Waals surface area contributed by atoms with Gasteiger partial charge in [-0.05, 0) is 111 Å². The van der Waals surface area contributed by atoms with Gasteiger partial charge in [0, 0.05) is 126 Å². The van der Waals surface area contributed by atoms with E-state index >= 15 is 0 Å². The Morgan fingerprint density at radius 2 is 0.449 bits per heavy atom. The number of methoxy groups -OCH3 is 18. The molecule has 3 aromatic rings. The summed E-state index contributed by atoms with van der Waals surface area (Å²) >= 11 is 0. The van der Waals surface area contributed by atoms with E-state index in [0.717, 1.165) is 74.5 Å². The van der Waals surface area contributed by atoms with Gasteiger partial charge >= 0.3 is 0 Å². The minimum Gasteiger partial charge on any atom is -0.493 e. The highest BCUT2D eigenvalue weighted by Gasteiger charge is 2.62. The average molecular weight is 1980 g/mol. The first kappa shape index (κ1) is 110. The van der Waals surface area contributed by atoms with Crippen LogP contribution in [0.3, 0.4) is 0 Å². The van der Waals surface area contributed by atoms with Crippen LogP contribution in [0.15, 0.2) is 54.6 Å². The SMILES string of the molecule is COC[C@H]1O[C@@H]2O[C@H]3[C@H](OC)[C@@H](OC)[C@@H](O[C@H]4[C@H](OC)[C@@H](OC)[C@@H](O[C@H]5[C@H](OC)[C@@H](OC)[C@@H](O[C@H]6[C@H](OC)[C@@H](OC)[C@@H](O[C@H]7[C@H](OC)[C@@H](OC)[C@@H](O[C@H]1[C@H](OC)[C@H]2OC)O[C@@H]7COCCOc1ccc(COC2CCCCO2)cc1OC)O[C@@H]6COC)O[C@@H]5COCCOc1ccc(COC2CCCCO2)cc1OC)O[C@@H]4COC)O[C@@H]3COCCOc1ccc(COC2CCCCO2)cc1OC. The van der Waals surface area contributed by atoms with Crippen LogP contribution in [-0.2, 0) is 190 Å². The molecule has 42 heteroatoms. The van der Waals surface area contributed by atoms with Gasteiger partial charge in [-0.2, -0.15) is 0 Å². The first-order valence-electron chi connectivity index (χ1n) is 47.6. The van der Waals surface area contributed by atoms with Gasteiger partial charge in [0.05, 0.1) is 101 Å². The van der Waals surface area contributed by atoms with Crippen molar-refractivity contribution >= 4 is 0 Å². The molecular formula is C96H150O42. The largest absolute Gasteiger partial charge is 0.493 e. The van der Waals surface area contributed by atoms with E-state index in [1.807, 2.05) is 54.6 Å². The highest BCUT2D eigenvalue weighted by Crippen LogP contribution is 2.44. The summed E-state index contributed by atoms with van der Waals surface area (Å²) in [5, 5.41) is 0. The van der Waals surface area contributed by atoms with E-state index in [1.165, 1.54) is 107 Å². The Morgan fingerprint density at radius 3 is 0.638 bits per heavy atom. The lowest BCUT2D eigenvalue weighted by atomic mass is 9.94. The molecule has 25 aliphatic heterocycles. The number of ether oxygens (including phenoxy) is 42. The van der Waals surface area contributed by atoms with Crippen molar-refractivity contribution in [1.29, 1.82) is 0 Å². The van der Waals surface area contributed by atoms with E-state index in [-0.39, 0.29) is 98.2 Å². The number of rotatable bonds is 48. The number of benzene rings is 3. The van der Waals surface area contributed by atoms with Crippen LogP contribution in [0.4, 0.5) is 0 Å². The molecule has 25 aliphatic rings. The van der Waals surface area contributed by atoms with Crippen molar-refractivity contribution in [2.75, 3.05) is 227 Å². The quantitative estimate of drug-likeness (QED) is 0.0566. The second-order valence-corrected chi connectivity index (χ2v) is 34.7. The fourth-order valence-corrected chi connectivity index (χ4v) is 19.3. The van der Waals surface area contributed by atoms with Gasteiger partial charge in [0.15, 0.2) is 91.1 Å².